The Labute approximate surface area is 120 Å². The molecular formula is C13H6F4N2OS. The van der Waals surface area contributed by atoms with Crippen LogP contribution in [0, 0.1) is 17.1 Å². The maximum atomic E-state index is 13.1. The first-order chi connectivity index (χ1) is 9.82. The van der Waals surface area contributed by atoms with Gasteiger partial charge in [0, 0.05) is 5.56 Å². The zero-order valence-electron chi connectivity index (χ0n) is 10.2. The van der Waals surface area contributed by atoms with Crippen LogP contribution in [0.4, 0.5) is 22.6 Å². The van der Waals surface area contributed by atoms with E-state index in [0.717, 1.165) is 17.4 Å². The summed E-state index contributed by atoms with van der Waals surface area (Å²) in [6, 6.07) is 5.26. The van der Waals surface area contributed by atoms with Crippen LogP contribution in [0.5, 0.6) is 0 Å². The highest BCUT2D eigenvalue weighted by Crippen LogP contribution is 2.32. The van der Waals surface area contributed by atoms with E-state index in [0.29, 0.717) is 12.1 Å². The number of hydrogen-bond donors (Lipinski definition) is 1. The maximum absolute atomic E-state index is 13.1. The van der Waals surface area contributed by atoms with Gasteiger partial charge in [-0.1, -0.05) is 0 Å². The van der Waals surface area contributed by atoms with E-state index >= 15 is 0 Å². The fourth-order valence-electron chi connectivity index (χ4n) is 1.55. The van der Waals surface area contributed by atoms with Gasteiger partial charge in [0.2, 0.25) is 0 Å². The third kappa shape index (κ3) is 3.20. The molecule has 1 N–H and O–H groups in total. The second-order valence-corrected chi connectivity index (χ2v) is 4.84. The van der Waals surface area contributed by atoms with Crippen LogP contribution in [0.15, 0.2) is 29.6 Å². The van der Waals surface area contributed by atoms with E-state index in [1.54, 1.807) is 5.38 Å². The van der Waals surface area contributed by atoms with Gasteiger partial charge < -0.3 is 5.32 Å². The van der Waals surface area contributed by atoms with E-state index in [1.807, 2.05) is 6.07 Å². The van der Waals surface area contributed by atoms with Crippen molar-refractivity contribution in [3.8, 4) is 6.07 Å². The van der Waals surface area contributed by atoms with Crippen LogP contribution in [0.2, 0.25) is 0 Å². The summed E-state index contributed by atoms with van der Waals surface area (Å²) in [5, 5.41) is 12.9. The molecule has 0 saturated carbocycles. The van der Waals surface area contributed by atoms with E-state index in [4.69, 9.17) is 5.26 Å². The molecule has 1 amide bonds. The van der Waals surface area contributed by atoms with Gasteiger partial charge in [-0.15, -0.1) is 11.3 Å². The molecule has 0 fully saturated rings. The van der Waals surface area contributed by atoms with Crippen molar-refractivity contribution < 1.29 is 22.4 Å². The first-order valence-electron chi connectivity index (χ1n) is 5.48. The third-order valence-corrected chi connectivity index (χ3v) is 3.38. The molecule has 21 heavy (non-hydrogen) atoms. The van der Waals surface area contributed by atoms with Crippen molar-refractivity contribution >= 4 is 22.2 Å². The van der Waals surface area contributed by atoms with Gasteiger partial charge in [0.25, 0.3) is 5.91 Å². The van der Waals surface area contributed by atoms with Crippen LogP contribution in [-0.2, 0) is 6.18 Å². The average Bonchev–Trinajstić information content (AvgIpc) is 2.85. The fraction of sp³-hybridized carbons (Fsp3) is 0.0769. The predicted molar refractivity (Wildman–Crippen MR) is 68.4 cm³/mol. The first kappa shape index (κ1) is 15.0. The van der Waals surface area contributed by atoms with Gasteiger partial charge in [0.05, 0.1) is 11.1 Å². The van der Waals surface area contributed by atoms with Crippen LogP contribution in [0.25, 0.3) is 0 Å². The molecule has 0 atom stereocenters. The predicted octanol–water partition coefficient (Wildman–Crippen LogP) is 4.03. The van der Waals surface area contributed by atoms with Crippen LogP contribution in [0.1, 0.15) is 21.5 Å². The fourth-order valence-corrected chi connectivity index (χ4v) is 2.29. The van der Waals surface area contributed by atoms with Gasteiger partial charge in [-0.2, -0.15) is 18.4 Å². The summed E-state index contributed by atoms with van der Waals surface area (Å²) < 4.78 is 50.9. The van der Waals surface area contributed by atoms with Crippen molar-refractivity contribution in [3.05, 3.63) is 52.2 Å². The molecule has 2 aromatic rings. The number of carbonyl (C=O) groups excluding carboxylic acids is 1. The summed E-state index contributed by atoms with van der Waals surface area (Å²) in [6.45, 7) is 0. The minimum Gasteiger partial charge on any atom is -0.312 e. The van der Waals surface area contributed by atoms with Gasteiger partial charge in [0.15, 0.2) is 0 Å². The lowest BCUT2D eigenvalue weighted by molar-refractivity contribution is -0.140. The molecule has 0 aliphatic rings. The van der Waals surface area contributed by atoms with Gasteiger partial charge in [-0.25, -0.2) is 4.39 Å². The number of amides is 1. The first-order valence-corrected chi connectivity index (χ1v) is 6.36. The SMILES string of the molecule is N#Cc1ccsc1NC(=O)c1ccc(F)c(C(F)(F)F)c1. The molecule has 0 radical (unpaired) electrons. The quantitative estimate of drug-likeness (QED) is 0.851. The van der Waals surface area contributed by atoms with Crippen LogP contribution < -0.4 is 5.32 Å². The number of carbonyl (C=O) groups is 1. The molecular weight excluding hydrogens is 308 g/mol. The number of nitrogens with zero attached hydrogens (tertiary/aromatic N) is 1. The Hall–Kier alpha value is -2.40. The maximum Gasteiger partial charge on any atom is 0.419 e. The molecule has 0 aliphatic carbocycles. The Morgan fingerprint density at radius 2 is 2.00 bits per heavy atom. The number of benzene rings is 1. The number of hydrogen-bond acceptors (Lipinski definition) is 3. The van der Waals surface area contributed by atoms with E-state index in [1.165, 1.54) is 6.07 Å². The number of rotatable bonds is 2. The molecule has 1 aromatic carbocycles. The Bertz CT molecular complexity index is 731. The molecule has 0 unspecified atom stereocenters. The third-order valence-electron chi connectivity index (χ3n) is 2.55. The smallest absolute Gasteiger partial charge is 0.312 e. The molecule has 0 bridgehead atoms. The van der Waals surface area contributed by atoms with E-state index in [2.05, 4.69) is 5.32 Å². The van der Waals surface area contributed by atoms with Crippen molar-refractivity contribution in [2.45, 2.75) is 6.18 Å². The number of nitrogens with one attached hydrogen (secondary N) is 1. The van der Waals surface area contributed by atoms with E-state index < -0.39 is 23.5 Å². The lowest BCUT2D eigenvalue weighted by Crippen LogP contribution is -2.15. The van der Waals surface area contributed by atoms with Gasteiger partial charge >= 0.3 is 6.18 Å². The van der Waals surface area contributed by atoms with Crippen LogP contribution in [-0.4, -0.2) is 5.91 Å². The lowest BCUT2D eigenvalue weighted by Gasteiger charge is -2.10. The minimum atomic E-state index is -4.89. The van der Waals surface area contributed by atoms with Crippen molar-refractivity contribution in [2.24, 2.45) is 0 Å². The Morgan fingerprint density at radius 1 is 1.29 bits per heavy atom. The molecule has 0 spiro atoms. The van der Waals surface area contributed by atoms with Gasteiger partial charge in [0.1, 0.15) is 16.9 Å². The van der Waals surface area contributed by atoms with Crippen molar-refractivity contribution in [1.82, 2.24) is 0 Å². The number of nitriles is 1. The van der Waals surface area contributed by atoms with E-state index in [-0.39, 0.29) is 16.1 Å². The highest BCUT2D eigenvalue weighted by atomic mass is 32.1. The molecule has 2 rings (SSSR count). The van der Waals surface area contributed by atoms with Crippen molar-refractivity contribution in [3.63, 3.8) is 0 Å². The molecule has 8 heteroatoms. The molecule has 0 saturated heterocycles. The summed E-state index contributed by atoms with van der Waals surface area (Å²) in [5.74, 6) is -2.30. The Morgan fingerprint density at radius 3 is 2.62 bits per heavy atom. The van der Waals surface area contributed by atoms with Crippen LogP contribution >= 0.6 is 11.3 Å². The topological polar surface area (TPSA) is 52.9 Å². The lowest BCUT2D eigenvalue weighted by atomic mass is 10.1. The summed E-state index contributed by atoms with van der Waals surface area (Å²) in [7, 11) is 0. The van der Waals surface area contributed by atoms with Gasteiger partial charge in [-0.3, -0.25) is 4.79 Å². The second kappa shape index (κ2) is 5.54. The summed E-state index contributed by atoms with van der Waals surface area (Å²) in [6.07, 6.45) is -4.89. The van der Waals surface area contributed by atoms with E-state index in [9.17, 15) is 22.4 Å². The summed E-state index contributed by atoms with van der Waals surface area (Å²) in [5.41, 5.74) is -1.66. The van der Waals surface area contributed by atoms with Gasteiger partial charge in [-0.05, 0) is 29.6 Å². The molecule has 0 aliphatic heterocycles. The molecule has 108 valence electrons. The zero-order valence-corrected chi connectivity index (χ0v) is 11.0. The number of halogens is 4. The standard InChI is InChI=1S/C13H6F4N2OS/c14-10-2-1-7(5-9(10)13(15,16)17)11(20)19-12-8(6-18)3-4-21-12/h1-5H,(H,19,20). The number of alkyl halides is 3. The van der Waals surface area contributed by atoms with Crippen LogP contribution in [0.3, 0.4) is 0 Å². The number of anilines is 1. The second-order valence-electron chi connectivity index (χ2n) is 3.92. The molecule has 1 aromatic heterocycles. The monoisotopic (exact) mass is 314 g/mol. The zero-order chi connectivity index (χ0) is 15.6. The minimum absolute atomic E-state index is 0.200. The highest BCUT2D eigenvalue weighted by molar-refractivity contribution is 7.14. The van der Waals surface area contributed by atoms with Crippen molar-refractivity contribution in [1.29, 1.82) is 5.26 Å². The normalized spacial score (nSPS) is 11.0. The Kier molecular flexibility index (Phi) is 3.95. The van der Waals surface area contributed by atoms with Crippen molar-refractivity contribution in [2.75, 3.05) is 5.32 Å². The average molecular weight is 314 g/mol. The summed E-state index contributed by atoms with van der Waals surface area (Å²) >= 11 is 1.06. The summed E-state index contributed by atoms with van der Waals surface area (Å²) in [4.78, 5) is 11.9. The highest BCUT2D eigenvalue weighted by Gasteiger charge is 2.34. The molecule has 1 heterocycles. The number of thiophene rings is 1. The molecule has 3 nitrogen and oxygen atoms in total. The Balaban J connectivity index is 2.31. The largest absolute Gasteiger partial charge is 0.419 e.